The number of rotatable bonds is 5. The van der Waals surface area contributed by atoms with Gasteiger partial charge in [-0.25, -0.2) is 13.4 Å². The smallest absolute Gasteiger partial charge is 0.322 e. The van der Waals surface area contributed by atoms with E-state index < -0.39 is 22.0 Å². The second kappa shape index (κ2) is 5.56. The van der Waals surface area contributed by atoms with Crippen LogP contribution in [0.1, 0.15) is 23.4 Å². The zero-order chi connectivity index (χ0) is 14.0. The van der Waals surface area contributed by atoms with E-state index in [-0.39, 0.29) is 5.75 Å². The molecular weight excluding hydrogens is 288 g/mol. The number of hydrogen-bond donors (Lipinski definition) is 1. The highest BCUT2D eigenvalue weighted by Gasteiger charge is 2.38. The van der Waals surface area contributed by atoms with Crippen LogP contribution < -0.4 is 0 Å². The summed E-state index contributed by atoms with van der Waals surface area (Å²) in [6.07, 6.45) is 1.39. The molecule has 1 unspecified atom stereocenters. The Labute approximate surface area is 116 Å². The number of aliphatic carboxylic acids is 1. The molecule has 0 amide bonds. The number of nitrogens with zero attached hydrogens (tertiary/aromatic N) is 2. The SMILES string of the molecule is Cc1ncsc1CCS(=O)(=O)N1CCCC1C(=O)O. The van der Waals surface area contributed by atoms with Gasteiger partial charge in [0.2, 0.25) is 10.0 Å². The van der Waals surface area contributed by atoms with Gasteiger partial charge < -0.3 is 5.11 Å². The van der Waals surface area contributed by atoms with Crippen molar-refractivity contribution in [3.63, 3.8) is 0 Å². The molecule has 1 aliphatic rings. The minimum absolute atomic E-state index is 0.0557. The van der Waals surface area contributed by atoms with Crippen molar-refractivity contribution in [1.29, 1.82) is 0 Å². The summed E-state index contributed by atoms with van der Waals surface area (Å²) < 4.78 is 25.5. The molecule has 0 bridgehead atoms. The fourth-order valence-corrected chi connectivity index (χ4v) is 4.82. The zero-order valence-electron chi connectivity index (χ0n) is 10.6. The maximum absolute atomic E-state index is 12.2. The Balaban J connectivity index is 2.06. The largest absolute Gasteiger partial charge is 0.480 e. The number of carboxylic acids is 1. The molecule has 1 aromatic rings. The van der Waals surface area contributed by atoms with Crippen LogP contribution in [0.2, 0.25) is 0 Å². The van der Waals surface area contributed by atoms with E-state index in [0.29, 0.717) is 25.8 Å². The minimum Gasteiger partial charge on any atom is -0.480 e. The lowest BCUT2D eigenvalue weighted by Gasteiger charge is -2.20. The molecule has 2 heterocycles. The van der Waals surface area contributed by atoms with E-state index in [2.05, 4.69) is 4.98 Å². The van der Waals surface area contributed by atoms with Crippen LogP contribution in [0.25, 0.3) is 0 Å². The average molecular weight is 304 g/mol. The van der Waals surface area contributed by atoms with Gasteiger partial charge >= 0.3 is 5.97 Å². The van der Waals surface area contributed by atoms with E-state index in [9.17, 15) is 13.2 Å². The predicted octanol–water partition coefficient (Wildman–Crippen LogP) is 0.873. The quantitative estimate of drug-likeness (QED) is 0.872. The van der Waals surface area contributed by atoms with Crippen molar-refractivity contribution < 1.29 is 18.3 Å². The first-order valence-corrected chi connectivity index (χ1v) is 8.52. The molecule has 0 spiro atoms. The van der Waals surface area contributed by atoms with Gasteiger partial charge in [-0.05, 0) is 26.2 Å². The molecule has 0 aliphatic carbocycles. The molecule has 0 saturated carbocycles. The van der Waals surface area contributed by atoms with Crippen LogP contribution in [0.3, 0.4) is 0 Å². The van der Waals surface area contributed by atoms with Crippen molar-refractivity contribution in [2.45, 2.75) is 32.2 Å². The lowest BCUT2D eigenvalue weighted by atomic mass is 10.2. The summed E-state index contributed by atoms with van der Waals surface area (Å²) in [6, 6.07) is -0.896. The third kappa shape index (κ3) is 3.13. The van der Waals surface area contributed by atoms with Crippen molar-refractivity contribution in [2.75, 3.05) is 12.3 Å². The van der Waals surface area contributed by atoms with Crippen molar-refractivity contribution in [2.24, 2.45) is 0 Å². The number of aryl methyl sites for hydroxylation is 2. The lowest BCUT2D eigenvalue weighted by Crippen LogP contribution is -2.41. The topological polar surface area (TPSA) is 87.6 Å². The first-order valence-electron chi connectivity index (χ1n) is 6.03. The molecule has 0 radical (unpaired) electrons. The number of sulfonamides is 1. The monoisotopic (exact) mass is 304 g/mol. The first kappa shape index (κ1) is 14.4. The summed E-state index contributed by atoms with van der Waals surface area (Å²) in [7, 11) is -3.52. The summed E-state index contributed by atoms with van der Waals surface area (Å²) >= 11 is 1.43. The van der Waals surface area contributed by atoms with E-state index in [0.717, 1.165) is 14.9 Å². The Kier molecular flexibility index (Phi) is 4.22. The molecule has 19 heavy (non-hydrogen) atoms. The summed E-state index contributed by atoms with van der Waals surface area (Å²) in [4.78, 5) is 16.0. The number of carboxylic acid groups (broad SMARTS) is 1. The summed E-state index contributed by atoms with van der Waals surface area (Å²) in [5, 5.41) is 9.03. The molecule has 2 rings (SSSR count). The predicted molar refractivity (Wildman–Crippen MR) is 71.7 cm³/mol. The van der Waals surface area contributed by atoms with Gasteiger partial charge in [0.15, 0.2) is 0 Å². The average Bonchev–Trinajstić information content (AvgIpc) is 2.95. The fraction of sp³-hybridized carbons (Fsp3) is 0.636. The van der Waals surface area contributed by atoms with E-state index in [1.807, 2.05) is 6.92 Å². The normalized spacial score (nSPS) is 20.8. The fourth-order valence-electron chi connectivity index (χ4n) is 2.22. The molecular formula is C11H16N2O4S2. The molecule has 1 atom stereocenters. The molecule has 1 fully saturated rings. The maximum Gasteiger partial charge on any atom is 0.322 e. The van der Waals surface area contributed by atoms with Crippen LogP contribution in [-0.2, 0) is 21.2 Å². The maximum atomic E-state index is 12.2. The summed E-state index contributed by atoms with van der Waals surface area (Å²) in [5.74, 6) is -1.12. The van der Waals surface area contributed by atoms with Gasteiger partial charge in [-0.3, -0.25) is 4.79 Å². The molecule has 8 heteroatoms. The summed E-state index contributed by atoms with van der Waals surface area (Å²) in [5.41, 5.74) is 2.53. The highest BCUT2D eigenvalue weighted by Crippen LogP contribution is 2.23. The highest BCUT2D eigenvalue weighted by atomic mass is 32.2. The second-order valence-corrected chi connectivity index (χ2v) is 7.51. The van der Waals surface area contributed by atoms with E-state index >= 15 is 0 Å². The van der Waals surface area contributed by atoms with Gasteiger partial charge in [0.1, 0.15) is 6.04 Å². The molecule has 106 valence electrons. The molecule has 1 saturated heterocycles. The van der Waals surface area contributed by atoms with Crippen LogP contribution >= 0.6 is 11.3 Å². The van der Waals surface area contributed by atoms with Crippen LogP contribution in [0, 0.1) is 6.92 Å². The van der Waals surface area contributed by atoms with E-state index in [1.165, 1.54) is 11.3 Å². The Morgan fingerprint density at radius 1 is 1.63 bits per heavy atom. The van der Waals surface area contributed by atoms with Gasteiger partial charge in [-0.1, -0.05) is 0 Å². The number of thiazole rings is 1. The standard InChI is InChI=1S/C11H16N2O4S2/c1-8-10(18-7-12-8)4-6-19(16,17)13-5-2-3-9(13)11(14)15/h7,9H,2-6H2,1H3,(H,14,15). The molecule has 1 N–H and O–H groups in total. The minimum atomic E-state index is -3.52. The van der Waals surface area contributed by atoms with Crippen molar-refractivity contribution in [1.82, 2.24) is 9.29 Å². The van der Waals surface area contributed by atoms with Crippen LogP contribution in [-0.4, -0.2) is 47.1 Å². The zero-order valence-corrected chi connectivity index (χ0v) is 12.2. The Morgan fingerprint density at radius 3 is 2.95 bits per heavy atom. The molecule has 0 aromatic carbocycles. The van der Waals surface area contributed by atoms with E-state index in [1.54, 1.807) is 5.51 Å². The highest BCUT2D eigenvalue weighted by molar-refractivity contribution is 7.89. The Morgan fingerprint density at radius 2 is 2.37 bits per heavy atom. The van der Waals surface area contributed by atoms with Gasteiger partial charge in [0.05, 0.1) is 17.0 Å². The van der Waals surface area contributed by atoms with Crippen LogP contribution in [0.5, 0.6) is 0 Å². The number of hydrogen-bond acceptors (Lipinski definition) is 5. The van der Waals surface area contributed by atoms with Gasteiger partial charge in [0.25, 0.3) is 0 Å². The summed E-state index contributed by atoms with van der Waals surface area (Å²) in [6.45, 7) is 2.15. The van der Waals surface area contributed by atoms with Crippen LogP contribution in [0.4, 0.5) is 0 Å². The number of carbonyl (C=O) groups is 1. The van der Waals surface area contributed by atoms with Gasteiger partial charge in [0, 0.05) is 11.4 Å². The van der Waals surface area contributed by atoms with Crippen LogP contribution in [0.15, 0.2) is 5.51 Å². The third-order valence-corrected chi connectivity index (χ3v) is 6.14. The molecule has 1 aromatic heterocycles. The van der Waals surface area contributed by atoms with Crippen molar-refractivity contribution in [3.8, 4) is 0 Å². The Hall–Kier alpha value is -0.990. The van der Waals surface area contributed by atoms with E-state index in [4.69, 9.17) is 5.11 Å². The third-order valence-electron chi connectivity index (χ3n) is 3.28. The number of aromatic nitrogens is 1. The van der Waals surface area contributed by atoms with Crippen molar-refractivity contribution in [3.05, 3.63) is 16.1 Å². The van der Waals surface area contributed by atoms with Gasteiger partial charge in [-0.2, -0.15) is 4.31 Å². The van der Waals surface area contributed by atoms with Gasteiger partial charge in [-0.15, -0.1) is 11.3 Å². The Bertz CT molecular complexity index is 567. The molecule has 6 nitrogen and oxygen atoms in total. The second-order valence-electron chi connectivity index (χ2n) is 4.53. The van der Waals surface area contributed by atoms with Crippen molar-refractivity contribution >= 4 is 27.3 Å². The first-order chi connectivity index (χ1) is 8.92. The molecule has 1 aliphatic heterocycles. The lowest BCUT2D eigenvalue weighted by molar-refractivity contribution is -0.140.